The fourth-order valence-corrected chi connectivity index (χ4v) is 2.49. The SMILES string of the molecule is Cc1cccc([C@@H](C)NC2CCCC2O)c1. The van der Waals surface area contributed by atoms with Gasteiger partial charge < -0.3 is 10.4 Å². The highest BCUT2D eigenvalue weighted by Gasteiger charge is 2.26. The molecule has 1 aromatic rings. The summed E-state index contributed by atoms with van der Waals surface area (Å²) in [4.78, 5) is 0. The number of aliphatic hydroxyl groups is 1. The lowest BCUT2D eigenvalue weighted by atomic mass is 10.0. The molecule has 0 aromatic heterocycles. The molecule has 3 atom stereocenters. The molecule has 1 aliphatic carbocycles. The topological polar surface area (TPSA) is 32.3 Å². The van der Waals surface area contributed by atoms with Gasteiger partial charge in [0, 0.05) is 12.1 Å². The number of benzene rings is 1. The zero-order chi connectivity index (χ0) is 11.5. The predicted molar refractivity (Wildman–Crippen MR) is 66.4 cm³/mol. The zero-order valence-electron chi connectivity index (χ0n) is 10.1. The summed E-state index contributed by atoms with van der Waals surface area (Å²) in [5.74, 6) is 0. The third kappa shape index (κ3) is 2.63. The lowest BCUT2D eigenvalue weighted by Gasteiger charge is -2.22. The monoisotopic (exact) mass is 219 g/mol. The van der Waals surface area contributed by atoms with Crippen molar-refractivity contribution in [1.29, 1.82) is 0 Å². The fourth-order valence-electron chi connectivity index (χ4n) is 2.49. The van der Waals surface area contributed by atoms with Crippen molar-refractivity contribution < 1.29 is 5.11 Å². The van der Waals surface area contributed by atoms with Crippen LogP contribution in [-0.4, -0.2) is 17.3 Å². The molecule has 0 heterocycles. The average molecular weight is 219 g/mol. The lowest BCUT2D eigenvalue weighted by Crippen LogP contribution is -2.37. The third-order valence-electron chi connectivity index (χ3n) is 3.49. The van der Waals surface area contributed by atoms with Crippen molar-refractivity contribution in [3.63, 3.8) is 0 Å². The van der Waals surface area contributed by atoms with Crippen LogP contribution in [-0.2, 0) is 0 Å². The average Bonchev–Trinajstić information content (AvgIpc) is 2.64. The minimum absolute atomic E-state index is 0.160. The van der Waals surface area contributed by atoms with Crippen molar-refractivity contribution in [3.05, 3.63) is 35.4 Å². The Morgan fingerprint density at radius 2 is 2.19 bits per heavy atom. The van der Waals surface area contributed by atoms with Gasteiger partial charge in [0.05, 0.1) is 6.10 Å². The second-order valence-electron chi connectivity index (χ2n) is 4.91. The molecule has 2 rings (SSSR count). The molecule has 1 fully saturated rings. The van der Waals surface area contributed by atoms with Gasteiger partial charge in [0.15, 0.2) is 0 Å². The Bertz CT molecular complexity index is 350. The van der Waals surface area contributed by atoms with Gasteiger partial charge in [0.1, 0.15) is 0 Å². The summed E-state index contributed by atoms with van der Waals surface area (Å²) >= 11 is 0. The summed E-state index contributed by atoms with van der Waals surface area (Å²) in [6.45, 7) is 4.28. The van der Waals surface area contributed by atoms with Crippen molar-refractivity contribution in [1.82, 2.24) is 5.32 Å². The van der Waals surface area contributed by atoms with E-state index in [1.807, 2.05) is 0 Å². The van der Waals surface area contributed by atoms with Gasteiger partial charge in [0.2, 0.25) is 0 Å². The summed E-state index contributed by atoms with van der Waals surface area (Å²) in [6, 6.07) is 9.15. The van der Waals surface area contributed by atoms with Crippen LogP contribution in [0.15, 0.2) is 24.3 Å². The third-order valence-corrected chi connectivity index (χ3v) is 3.49. The summed E-state index contributed by atoms with van der Waals surface area (Å²) in [5.41, 5.74) is 2.59. The highest BCUT2D eigenvalue weighted by atomic mass is 16.3. The van der Waals surface area contributed by atoms with Crippen molar-refractivity contribution in [2.24, 2.45) is 0 Å². The van der Waals surface area contributed by atoms with Crippen LogP contribution in [0.3, 0.4) is 0 Å². The molecule has 0 spiro atoms. The molecule has 2 nitrogen and oxygen atoms in total. The molecule has 1 saturated carbocycles. The normalized spacial score (nSPS) is 26.9. The number of aliphatic hydroxyl groups excluding tert-OH is 1. The van der Waals surface area contributed by atoms with Gasteiger partial charge >= 0.3 is 0 Å². The second kappa shape index (κ2) is 4.98. The fraction of sp³-hybridized carbons (Fsp3) is 0.571. The van der Waals surface area contributed by atoms with E-state index in [1.165, 1.54) is 11.1 Å². The van der Waals surface area contributed by atoms with Crippen LogP contribution in [0.4, 0.5) is 0 Å². The summed E-state index contributed by atoms with van der Waals surface area (Å²) in [7, 11) is 0. The van der Waals surface area contributed by atoms with Gasteiger partial charge in [-0.3, -0.25) is 0 Å². The molecule has 0 aliphatic heterocycles. The molecule has 1 aromatic carbocycles. The Morgan fingerprint density at radius 3 is 2.81 bits per heavy atom. The number of nitrogens with one attached hydrogen (secondary N) is 1. The highest BCUT2D eigenvalue weighted by Crippen LogP contribution is 2.22. The molecule has 2 heteroatoms. The Morgan fingerprint density at radius 1 is 1.38 bits per heavy atom. The Balaban J connectivity index is 1.99. The minimum atomic E-state index is -0.160. The molecular weight excluding hydrogens is 198 g/mol. The Hall–Kier alpha value is -0.860. The van der Waals surface area contributed by atoms with Crippen molar-refractivity contribution >= 4 is 0 Å². The van der Waals surface area contributed by atoms with E-state index in [0.717, 1.165) is 19.3 Å². The maximum Gasteiger partial charge on any atom is 0.0693 e. The number of hydrogen-bond acceptors (Lipinski definition) is 2. The number of hydrogen-bond donors (Lipinski definition) is 2. The van der Waals surface area contributed by atoms with Crippen molar-refractivity contribution in [2.45, 2.75) is 51.3 Å². The number of aryl methyl sites for hydroxylation is 1. The highest BCUT2D eigenvalue weighted by molar-refractivity contribution is 5.24. The van der Waals surface area contributed by atoms with E-state index in [9.17, 15) is 5.11 Å². The van der Waals surface area contributed by atoms with E-state index in [2.05, 4.69) is 43.4 Å². The van der Waals surface area contributed by atoms with E-state index < -0.39 is 0 Å². The summed E-state index contributed by atoms with van der Waals surface area (Å²) in [6.07, 6.45) is 3.02. The smallest absolute Gasteiger partial charge is 0.0693 e. The van der Waals surface area contributed by atoms with Crippen molar-refractivity contribution in [2.75, 3.05) is 0 Å². The van der Waals surface area contributed by atoms with Crippen LogP contribution >= 0.6 is 0 Å². The van der Waals surface area contributed by atoms with E-state index in [-0.39, 0.29) is 12.1 Å². The largest absolute Gasteiger partial charge is 0.392 e. The van der Waals surface area contributed by atoms with Crippen LogP contribution < -0.4 is 5.32 Å². The maximum atomic E-state index is 9.78. The van der Waals surface area contributed by atoms with E-state index in [0.29, 0.717) is 6.04 Å². The van der Waals surface area contributed by atoms with Gasteiger partial charge in [-0.05, 0) is 38.7 Å². The molecule has 0 saturated heterocycles. The molecule has 0 amide bonds. The van der Waals surface area contributed by atoms with E-state index >= 15 is 0 Å². The quantitative estimate of drug-likeness (QED) is 0.819. The minimum Gasteiger partial charge on any atom is -0.392 e. The standard InChI is InChI=1S/C14H21NO/c1-10-5-3-6-12(9-10)11(2)15-13-7-4-8-14(13)16/h3,5-6,9,11,13-16H,4,7-8H2,1-2H3/t11-,13?,14?/m1/s1. The predicted octanol–water partition coefficient (Wildman–Crippen LogP) is 2.56. The van der Waals surface area contributed by atoms with Crippen LogP contribution in [0.5, 0.6) is 0 Å². The van der Waals surface area contributed by atoms with Gasteiger partial charge in [-0.1, -0.05) is 29.8 Å². The zero-order valence-corrected chi connectivity index (χ0v) is 10.1. The molecule has 0 radical (unpaired) electrons. The number of rotatable bonds is 3. The molecule has 2 N–H and O–H groups in total. The lowest BCUT2D eigenvalue weighted by molar-refractivity contribution is 0.144. The molecule has 16 heavy (non-hydrogen) atoms. The van der Waals surface area contributed by atoms with Crippen LogP contribution in [0, 0.1) is 6.92 Å². The molecule has 88 valence electrons. The summed E-state index contributed by atoms with van der Waals surface area (Å²) < 4.78 is 0. The van der Waals surface area contributed by atoms with Crippen molar-refractivity contribution in [3.8, 4) is 0 Å². The Labute approximate surface area is 97.7 Å². The van der Waals surface area contributed by atoms with Gasteiger partial charge in [-0.25, -0.2) is 0 Å². The molecule has 2 unspecified atom stereocenters. The maximum absolute atomic E-state index is 9.78. The van der Waals surface area contributed by atoms with Crippen LogP contribution in [0.25, 0.3) is 0 Å². The van der Waals surface area contributed by atoms with Gasteiger partial charge in [-0.15, -0.1) is 0 Å². The first-order chi connectivity index (χ1) is 7.66. The molecule has 0 bridgehead atoms. The van der Waals surface area contributed by atoms with Gasteiger partial charge in [-0.2, -0.15) is 0 Å². The Kier molecular flexibility index (Phi) is 3.62. The first kappa shape index (κ1) is 11.6. The van der Waals surface area contributed by atoms with Gasteiger partial charge in [0.25, 0.3) is 0 Å². The second-order valence-corrected chi connectivity index (χ2v) is 4.91. The molecular formula is C14H21NO. The van der Waals surface area contributed by atoms with E-state index in [1.54, 1.807) is 0 Å². The molecule has 1 aliphatic rings. The van der Waals surface area contributed by atoms with E-state index in [4.69, 9.17) is 0 Å². The first-order valence-corrected chi connectivity index (χ1v) is 6.17. The first-order valence-electron chi connectivity index (χ1n) is 6.17. The van der Waals surface area contributed by atoms with Crippen LogP contribution in [0.1, 0.15) is 43.4 Å². The van der Waals surface area contributed by atoms with Crippen LogP contribution in [0.2, 0.25) is 0 Å². The summed E-state index contributed by atoms with van der Waals surface area (Å²) in [5, 5.41) is 13.3.